The van der Waals surface area contributed by atoms with Crippen LogP contribution in [0.2, 0.25) is 0 Å². The molecule has 0 bridgehead atoms. The molecule has 0 heterocycles. The number of ether oxygens (including phenoxy) is 1. The van der Waals surface area contributed by atoms with Crippen molar-refractivity contribution in [2.75, 3.05) is 6.61 Å². The third-order valence-electron chi connectivity index (χ3n) is 2.85. The number of hydrogen-bond acceptors (Lipinski definition) is 1. The average molecular weight is 190 g/mol. The van der Waals surface area contributed by atoms with Gasteiger partial charge in [0.05, 0.1) is 6.61 Å². The molecule has 1 nitrogen and oxygen atoms in total. The minimum atomic E-state index is 0.785. The maximum absolute atomic E-state index is 5.58. The van der Waals surface area contributed by atoms with E-state index in [0.717, 1.165) is 13.2 Å². The van der Waals surface area contributed by atoms with Crippen molar-refractivity contribution in [3.63, 3.8) is 0 Å². The molecule has 0 spiro atoms. The number of unbranched alkanes of at least 4 members (excludes halogenated alkanes) is 1. The van der Waals surface area contributed by atoms with Crippen molar-refractivity contribution in [1.29, 1.82) is 0 Å². The summed E-state index contributed by atoms with van der Waals surface area (Å²) in [5.41, 5.74) is 4.39. The fourth-order valence-corrected chi connectivity index (χ4v) is 1.77. The van der Waals surface area contributed by atoms with Crippen LogP contribution in [0.4, 0.5) is 0 Å². The number of benzene rings is 1. The van der Waals surface area contributed by atoms with E-state index in [2.05, 4.69) is 25.1 Å². The second-order valence-corrected chi connectivity index (χ2v) is 4.01. The van der Waals surface area contributed by atoms with Crippen LogP contribution in [0.1, 0.15) is 36.5 Å². The van der Waals surface area contributed by atoms with Crippen LogP contribution in [-0.4, -0.2) is 6.61 Å². The molecule has 0 aliphatic heterocycles. The highest BCUT2D eigenvalue weighted by atomic mass is 16.5. The molecule has 0 amide bonds. The van der Waals surface area contributed by atoms with E-state index < -0.39 is 0 Å². The minimum Gasteiger partial charge on any atom is -0.377 e. The van der Waals surface area contributed by atoms with Gasteiger partial charge < -0.3 is 4.74 Å². The van der Waals surface area contributed by atoms with Crippen molar-refractivity contribution in [2.24, 2.45) is 0 Å². The Morgan fingerprint density at radius 3 is 2.71 bits per heavy atom. The first-order valence-corrected chi connectivity index (χ1v) is 5.58. The lowest BCUT2D eigenvalue weighted by Gasteiger charge is -2.19. The lowest BCUT2D eigenvalue weighted by molar-refractivity contribution is 0.118. The summed E-state index contributed by atoms with van der Waals surface area (Å²) in [6.45, 7) is 3.87. The van der Waals surface area contributed by atoms with Gasteiger partial charge in [-0.2, -0.15) is 0 Å². The summed E-state index contributed by atoms with van der Waals surface area (Å²) < 4.78 is 5.58. The Labute approximate surface area is 86.1 Å². The molecule has 76 valence electrons. The number of hydrogen-bond donors (Lipinski definition) is 0. The Morgan fingerprint density at radius 2 is 2.07 bits per heavy atom. The van der Waals surface area contributed by atoms with Gasteiger partial charge in [0, 0.05) is 6.61 Å². The van der Waals surface area contributed by atoms with Crippen molar-refractivity contribution in [1.82, 2.24) is 0 Å². The molecule has 1 aliphatic carbocycles. The Hall–Kier alpha value is -0.820. The predicted octanol–water partition coefficient (Wildman–Crippen LogP) is 3.10. The van der Waals surface area contributed by atoms with Gasteiger partial charge >= 0.3 is 0 Å². The van der Waals surface area contributed by atoms with Gasteiger partial charge in [0.25, 0.3) is 0 Å². The zero-order valence-corrected chi connectivity index (χ0v) is 8.88. The molecule has 0 aromatic heterocycles. The molecule has 0 unspecified atom stereocenters. The van der Waals surface area contributed by atoms with Crippen LogP contribution in [0.25, 0.3) is 0 Å². The Morgan fingerprint density at radius 1 is 1.21 bits per heavy atom. The quantitative estimate of drug-likeness (QED) is 0.648. The van der Waals surface area contributed by atoms with E-state index in [4.69, 9.17) is 4.74 Å². The third kappa shape index (κ3) is 2.16. The lowest BCUT2D eigenvalue weighted by Crippen LogP contribution is -2.08. The molecule has 0 N–H and O–H groups in total. The summed E-state index contributed by atoms with van der Waals surface area (Å²) in [6, 6.07) is 6.74. The molecule has 1 aliphatic rings. The van der Waals surface area contributed by atoms with Crippen molar-refractivity contribution in [3.05, 3.63) is 34.9 Å². The van der Waals surface area contributed by atoms with Crippen LogP contribution < -0.4 is 0 Å². The number of rotatable bonds is 5. The number of fused-ring (bicyclic) bond motifs is 1. The second kappa shape index (κ2) is 4.61. The third-order valence-corrected chi connectivity index (χ3v) is 2.85. The lowest BCUT2D eigenvalue weighted by atomic mass is 9.87. The molecule has 2 rings (SSSR count). The fourth-order valence-electron chi connectivity index (χ4n) is 1.77. The molecular formula is C13H18O. The van der Waals surface area contributed by atoms with Crippen molar-refractivity contribution >= 4 is 0 Å². The summed E-state index contributed by atoms with van der Waals surface area (Å²) in [5, 5.41) is 0. The van der Waals surface area contributed by atoms with Gasteiger partial charge in [-0.1, -0.05) is 31.5 Å². The molecule has 1 aromatic carbocycles. The second-order valence-electron chi connectivity index (χ2n) is 4.01. The summed E-state index contributed by atoms with van der Waals surface area (Å²) in [4.78, 5) is 0. The Balaban J connectivity index is 1.81. The van der Waals surface area contributed by atoms with Gasteiger partial charge in [-0.25, -0.2) is 0 Å². The number of aryl methyl sites for hydroxylation is 2. The molecule has 1 aromatic rings. The molecule has 1 heteroatoms. The highest BCUT2D eigenvalue weighted by Gasteiger charge is 2.12. The maximum Gasteiger partial charge on any atom is 0.0716 e. The van der Waals surface area contributed by atoms with Crippen LogP contribution >= 0.6 is 0 Å². The van der Waals surface area contributed by atoms with Gasteiger partial charge in [-0.05, 0) is 36.0 Å². The molecule has 0 fully saturated rings. The van der Waals surface area contributed by atoms with Gasteiger partial charge in [0.1, 0.15) is 0 Å². The first kappa shape index (κ1) is 9.72. The van der Waals surface area contributed by atoms with Crippen molar-refractivity contribution < 1.29 is 4.74 Å². The van der Waals surface area contributed by atoms with E-state index in [0.29, 0.717) is 0 Å². The van der Waals surface area contributed by atoms with E-state index in [-0.39, 0.29) is 0 Å². The minimum absolute atomic E-state index is 0.785. The highest BCUT2D eigenvalue weighted by Crippen LogP contribution is 2.23. The standard InChI is InChI=1S/C13H18O/c1-2-3-8-14-10-11-4-5-12-6-7-13(12)9-11/h4-5,9H,2-3,6-8,10H2,1H3. The zero-order valence-electron chi connectivity index (χ0n) is 8.88. The SMILES string of the molecule is CCCCOCc1ccc2c(c1)CC2. The maximum atomic E-state index is 5.58. The van der Waals surface area contributed by atoms with Gasteiger partial charge in [-0.3, -0.25) is 0 Å². The largest absolute Gasteiger partial charge is 0.377 e. The molecular weight excluding hydrogens is 172 g/mol. The van der Waals surface area contributed by atoms with E-state index in [1.807, 2.05) is 0 Å². The average Bonchev–Trinajstić information content (AvgIpc) is 2.16. The fraction of sp³-hybridized carbons (Fsp3) is 0.538. The molecule has 0 saturated carbocycles. The van der Waals surface area contributed by atoms with Crippen LogP contribution in [0.15, 0.2) is 18.2 Å². The monoisotopic (exact) mass is 190 g/mol. The summed E-state index contributed by atoms with van der Waals surface area (Å²) in [5.74, 6) is 0. The van der Waals surface area contributed by atoms with Crippen LogP contribution in [0.5, 0.6) is 0 Å². The normalized spacial score (nSPS) is 13.5. The molecule has 0 saturated heterocycles. The van der Waals surface area contributed by atoms with Crippen LogP contribution in [0.3, 0.4) is 0 Å². The Bertz CT molecular complexity index is 304. The summed E-state index contributed by atoms with van der Waals surface area (Å²) in [6.07, 6.45) is 4.92. The highest BCUT2D eigenvalue weighted by molar-refractivity contribution is 5.38. The van der Waals surface area contributed by atoms with E-state index in [1.54, 1.807) is 0 Å². The van der Waals surface area contributed by atoms with Crippen molar-refractivity contribution in [2.45, 2.75) is 39.2 Å². The topological polar surface area (TPSA) is 9.23 Å². The molecule has 14 heavy (non-hydrogen) atoms. The molecule has 0 atom stereocenters. The summed E-state index contributed by atoms with van der Waals surface area (Å²) >= 11 is 0. The summed E-state index contributed by atoms with van der Waals surface area (Å²) in [7, 11) is 0. The van der Waals surface area contributed by atoms with Gasteiger partial charge in [0.2, 0.25) is 0 Å². The van der Waals surface area contributed by atoms with Crippen LogP contribution in [0, 0.1) is 0 Å². The van der Waals surface area contributed by atoms with Crippen LogP contribution in [-0.2, 0) is 24.2 Å². The van der Waals surface area contributed by atoms with Crippen molar-refractivity contribution in [3.8, 4) is 0 Å². The van der Waals surface area contributed by atoms with E-state index >= 15 is 0 Å². The zero-order chi connectivity index (χ0) is 9.80. The smallest absolute Gasteiger partial charge is 0.0716 e. The first-order chi connectivity index (χ1) is 6.90. The van der Waals surface area contributed by atoms with E-state index in [1.165, 1.54) is 42.4 Å². The van der Waals surface area contributed by atoms with E-state index in [9.17, 15) is 0 Å². The predicted molar refractivity (Wildman–Crippen MR) is 58.4 cm³/mol. The molecule has 0 radical (unpaired) electrons. The van der Waals surface area contributed by atoms with Gasteiger partial charge in [0.15, 0.2) is 0 Å². The van der Waals surface area contributed by atoms with Gasteiger partial charge in [-0.15, -0.1) is 0 Å². The Kier molecular flexibility index (Phi) is 3.20. The first-order valence-electron chi connectivity index (χ1n) is 5.58.